The maximum absolute atomic E-state index is 13.6. The SMILES string of the molecule is O=C(O)c1cc2cc(N(Cc3ccccc3)S(=O)(=O)c3ccc(Cl)c([N+](=O)[O-])c3)ccc2o1. The van der Waals surface area contributed by atoms with Crippen LogP contribution in [-0.4, -0.2) is 24.4 Å². The molecule has 0 aliphatic heterocycles. The molecule has 0 fully saturated rings. The van der Waals surface area contributed by atoms with Crippen LogP contribution >= 0.6 is 11.6 Å². The number of hydrogen-bond donors (Lipinski definition) is 1. The van der Waals surface area contributed by atoms with Crippen LogP contribution in [0.1, 0.15) is 16.1 Å². The Bertz CT molecular complexity index is 1480. The predicted molar refractivity (Wildman–Crippen MR) is 121 cm³/mol. The molecule has 0 spiro atoms. The van der Waals surface area contributed by atoms with Crippen LogP contribution in [0, 0.1) is 10.1 Å². The van der Waals surface area contributed by atoms with E-state index in [0.717, 1.165) is 16.4 Å². The van der Waals surface area contributed by atoms with E-state index in [1.54, 1.807) is 30.3 Å². The van der Waals surface area contributed by atoms with Crippen molar-refractivity contribution in [3.05, 3.63) is 99.3 Å². The third kappa shape index (κ3) is 4.38. The molecular formula is C22H15ClN2O7S. The van der Waals surface area contributed by atoms with Gasteiger partial charge in [-0.25, -0.2) is 13.2 Å². The van der Waals surface area contributed by atoms with Crippen LogP contribution in [0.15, 0.2) is 82.1 Å². The molecule has 0 radical (unpaired) electrons. The van der Waals surface area contributed by atoms with E-state index in [2.05, 4.69) is 0 Å². The maximum Gasteiger partial charge on any atom is 0.371 e. The van der Waals surface area contributed by atoms with E-state index in [9.17, 15) is 23.3 Å². The first-order valence-corrected chi connectivity index (χ1v) is 11.3. The first kappa shape index (κ1) is 22.3. The van der Waals surface area contributed by atoms with Crippen LogP contribution in [0.3, 0.4) is 0 Å². The highest BCUT2D eigenvalue weighted by atomic mass is 35.5. The Balaban J connectivity index is 1.86. The van der Waals surface area contributed by atoms with E-state index in [-0.39, 0.29) is 33.5 Å². The van der Waals surface area contributed by atoms with Crippen molar-refractivity contribution in [3.63, 3.8) is 0 Å². The molecule has 4 aromatic rings. The summed E-state index contributed by atoms with van der Waals surface area (Å²) in [5, 5.41) is 20.7. The number of nitro benzene ring substituents is 1. The number of sulfonamides is 1. The van der Waals surface area contributed by atoms with Crippen LogP contribution in [0.4, 0.5) is 11.4 Å². The Kier molecular flexibility index (Phi) is 5.79. The highest BCUT2D eigenvalue weighted by molar-refractivity contribution is 7.92. The maximum atomic E-state index is 13.6. The third-order valence-electron chi connectivity index (χ3n) is 4.87. The first-order valence-electron chi connectivity index (χ1n) is 9.44. The molecule has 0 bridgehead atoms. The molecule has 0 unspecified atom stereocenters. The number of hydrogen-bond acceptors (Lipinski definition) is 6. The lowest BCUT2D eigenvalue weighted by atomic mass is 10.2. The molecule has 9 nitrogen and oxygen atoms in total. The highest BCUT2D eigenvalue weighted by Crippen LogP contribution is 2.33. The zero-order valence-corrected chi connectivity index (χ0v) is 18.3. The van der Waals surface area contributed by atoms with Crippen LogP contribution in [0.5, 0.6) is 0 Å². The summed E-state index contributed by atoms with van der Waals surface area (Å²) in [7, 11) is -4.28. The van der Waals surface area contributed by atoms with Gasteiger partial charge in [-0.05, 0) is 42.0 Å². The summed E-state index contributed by atoms with van der Waals surface area (Å²) in [5.41, 5.74) is 0.633. The van der Waals surface area contributed by atoms with Crippen molar-refractivity contribution < 1.29 is 27.7 Å². The fourth-order valence-corrected chi connectivity index (χ4v) is 4.93. The molecule has 0 saturated carbocycles. The normalized spacial score (nSPS) is 11.4. The molecule has 3 aromatic carbocycles. The third-order valence-corrected chi connectivity index (χ3v) is 6.96. The van der Waals surface area contributed by atoms with Crippen molar-refractivity contribution in [2.45, 2.75) is 11.4 Å². The molecule has 4 rings (SSSR count). The van der Waals surface area contributed by atoms with E-state index < -0.39 is 26.6 Å². The van der Waals surface area contributed by atoms with Gasteiger partial charge >= 0.3 is 5.97 Å². The van der Waals surface area contributed by atoms with Crippen molar-refractivity contribution >= 4 is 49.9 Å². The van der Waals surface area contributed by atoms with E-state index in [1.165, 1.54) is 30.3 Å². The van der Waals surface area contributed by atoms with Crippen LogP contribution < -0.4 is 4.31 Å². The molecule has 168 valence electrons. The molecule has 0 amide bonds. The summed E-state index contributed by atoms with van der Waals surface area (Å²) < 4.78 is 33.6. The van der Waals surface area contributed by atoms with Gasteiger partial charge in [0, 0.05) is 11.5 Å². The minimum atomic E-state index is -4.28. The molecule has 0 atom stereocenters. The number of rotatable bonds is 7. The van der Waals surface area contributed by atoms with E-state index in [4.69, 9.17) is 21.1 Å². The van der Waals surface area contributed by atoms with Gasteiger partial charge in [0.05, 0.1) is 22.1 Å². The van der Waals surface area contributed by atoms with E-state index in [1.807, 2.05) is 0 Å². The van der Waals surface area contributed by atoms with Gasteiger partial charge in [0.1, 0.15) is 10.6 Å². The second-order valence-electron chi connectivity index (χ2n) is 7.01. The van der Waals surface area contributed by atoms with E-state index >= 15 is 0 Å². The van der Waals surface area contributed by atoms with Crippen molar-refractivity contribution in [3.8, 4) is 0 Å². The van der Waals surface area contributed by atoms with Gasteiger partial charge in [0.2, 0.25) is 5.76 Å². The molecule has 0 saturated heterocycles. The number of carboxylic acids is 1. The van der Waals surface area contributed by atoms with Gasteiger partial charge in [-0.2, -0.15) is 0 Å². The number of anilines is 1. The van der Waals surface area contributed by atoms with Gasteiger partial charge in [-0.15, -0.1) is 0 Å². The number of furan rings is 1. The molecule has 33 heavy (non-hydrogen) atoms. The molecule has 1 aromatic heterocycles. The number of nitrogens with zero attached hydrogens (tertiary/aromatic N) is 2. The van der Waals surface area contributed by atoms with Crippen molar-refractivity contribution in [2.24, 2.45) is 0 Å². The predicted octanol–water partition coefficient (Wildman–Crippen LogP) is 5.09. The van der Waals surface area contributed by atoms with Gasteiger partial charge in [0.15, 0.2) is 0 Å². The molecule has 1 heterocycles. The number of nitro groups is 1. The Hall–Kier alpha value is -3.89. The van der Waals surface area contributed by atoms with Crippen LogP contribution in [0.25, 0.3) is 11.0 Å². The van der Waals surface area contributed by atoms with Gasteiger partial charge in [0.25, 0.3) is 15.7 Å². The van der Waals surface area contributed by atoms with E-state index in [0.29, 0.717) is 10.9 Å². The van der Waals surface area contributed by atoms with Gasteiger partial charge in [-0.1, -0.05) is 41.9 Å². The number of carbonyl (C=O) groups is 1. The standard InChI is InChI=1S/C22H15ClN2O7S/c23-18-8-7-17(12-19(18)25(28)29)33(30,31)24(13-14-4-2-1-3-5-14)16-6-9-20-15(10-16)11-21(32-20)22(26)27/h1-12H,13H2,(H,26,27). The second-order valence-corrected chi connectivity index (χ2v) is 9.28. The lowest BCUT2D eigenvalue weighted by Gasteiger charge is -2.25. The number of benzene rings is 3. The first-order chi connectivity index (χ1) is 15.7. The smallest absolute Gasteiger partial charge is 0.371 e. The number of carboxylic acid groups (broad SMARTS) is 1. The topological polar surface area (TPSA) is 131 Å². The van der Waals surface area contributed by atoms with Gasteiger partial charge < -0.3 is 9.52 Å². The summed E-state index contributed by atoms with van der Waals surface area (Å²) in [5.74, 6) is -1.54. The van der Waals surface area contributed by atoms with Crippen molar-refractivity contribution in [2.75, 3.05) is 4.31 Å². The van der Waals surface area contributed by atoms with Crippen molar-refractivity contribution in [1.82, 2.24) is 0 Å². The molecular weight excluding hydrogens is 472 g/mol. The van der Waals surface area contributed by atoms with Crippen LogP contribution in [-0.2, 0) is 16.6 Å². The monoisotopic (exact) mass is 486 g/mol. The summed E-state index contributed by atoms with van der Waals surface area (Å²) in [6.45, 7) is -0.0747. The largest absolute Gasteiger partial charge is 0.475 e. The minimum absolute atomic E-state index is 0.0747. The molecule has 0 aliphatic carbocycles. The van der Waals surface area contributed by atoms with Crippen molar-refractivity contribution in [1.29, 1.82) is 0 Å². The molecule has 1 N–H and O–H groups in total. The quantitative estimate of drug-likeness (QED) is 0.284. The summed E-state index contributed by atoms with van der Waals surface area (Å²) in [4.78, 5) is 21.4. The Labute approximate surface area is 192 Å². The average Bonchev–Trinajstić information content (AvgIpc) is 3.22. The minimum Gasteiger partial charge on any atom is -0.475 e. The molecule has 11 heteroatoms. The number of aromatic carboxylic acids is 1. The Morgan fingerprint density at radius 2 is 1.79 bits per heavy atom. The fraction of sp³-hybridized carbons (Fsp3) is 0.0455. The van der Waals surface area contributed by atoms with Gasteiger partial charge in [-0.3, -0.25) is 14.4 Å². The molecule has 0 aliphatic rings. The van der Waals surface area contributed by atoms with Crippen LogP contribution in [0.2, 0.25) is 5.02 Å². The highest BCUT2D eigenvalue weighted by Gasteiger charge is 2.28. The summed E-state index contributed by atoms with van der Waals surface area (Å²) >= 11 is 5.85. The average molecular weight is 487 g/mol. The Morgan fingerprint density at radius 3 is 2.45 bits per heavy atom. The lowest BCUT2D eigenvalue weighted by Crippen LogP contribution is -2.30. The number of halogens is 1. The zero-order valence-electron chi connectivity index (χ0n) is 16.7. The Morgan fingerprint density at radius 1 is 1.06 bits per heavy atom. The fourth-order valence-electron chi connectivity index (χ4n) is 3.28. The lowest BCUT2D eigenvalue weighted by molar-refractivity contribution is -0.384. The zero-order chi connectivity index (χ0) is 23.8. The second kappa shape index (κ2) is 8.57. The summed E-state index contributed by atoms with van der Waals surface area (Å²) in [6, 6.07) is 17.8. The summed E-state index contributed by atoms with van der Waals surface area (Å²) in [6.07, 6.45) is 0. The number of fused-ring (bicyclic) bond motifs is 1.